The number of aryl methyl sites for hydroxylation is 1. The molecule has 0 spiro atoms. The van der Waals surface area contributed by atoms with Crippen molar-refractivity contribution in [2.24, 2.45) is 0 Å². The van der Waals surface area contributed by atoms with Crippen LogP contribution in [0.25, 0.3) is 11.0 Å². The Morgan fingerprint density at radius 2 is 2.07 bits per heavy atom. The van der Waals surface area contributed by atoms with E-state index in [1.807, 2.05) is 30.3 Å². The Morgan fingerprint density at radius 3 is 2.85 bits per heavy atom. The van der Waals surface area contributed by atoms with Crippen molar-refractivity contribution in [1.82, 2.24) is 15.3 Å². The molecule has 0 saturated heterocycles. The second-order valence-corrected chi connectivity index (χ2v) is 6.85. The summed E-state index contributed by atoms with van der Waals surface area (Å²) in [7, 11) is 1.63. The van der Waals surface area contributed by atoms with Gasteiger partial charge in [0.25, 0.3) is 0 Å². The molecule has 5 nitrogen and oxygen atoms in total. The van der Waals surface area contributed by atoms with E-state index in [0.29, 0.717) is 23.1 Å². The average Bonchev–Trinajstić information content (AvgIpc) is 3.09. The first-order valence-corrected chi connectivity index (χ1v) is 9.72. The van der Waals surface area contributed by atoms with Crippen molar-refractivity contribution in [2.75, 3.05) is 20.3 Å². The third kappa shape index (κ3) is 5.15. The lowest BCUT2D eigenvalue weighted by Gasteiger charge is -2.14. The van der Waals surface area contributed by atoms with E-state index in [1.165, 1.54) is 0 Å². The van der Waals surface area contributed by atoms with Gasteiger partial charge >= 0.3 is 0 Å². The predicted octanol–water partition coefficient (Wildman–Crippen LogP) is 4.74. The maximum Gasteiger partial charge on any atom is 0.179 e. The lowest BCUT2D eigenvalue weighted by Crippen LogP contribution is -2.15. The summed E-state index contributed by atoms with van der Waals surface area (Å²) in [5.74, 6) is 2.32. The first-order chi connectivity index (χ1) is 13.2. The van der Waals surface area contributed by atoms with Crippen LogP contribution in [0.4, 0.5) is 0 Å². The highest BCUT2D eigenvalue weighted by Gasteiger charge is 2.11. The highest BCUT2D eigenvalue weighted by molar-refractivity contribution is 6.32. The fraction of sp³-hybridized carbons (Fsp3) is 0.381. The summed E-state index contributed by atoms with van der Waals surface area (Å²) in [6, 6.07) is 12.0. The molecule has 3 rings (SSSR count). The number of H-pyrrole nitrogens is 1. The zero-order valence-corrected chi connectivity index (χ0v) is 16.6. The van der Waals surface area contributed by atoms with Crippen molar-refractivity contribution in [1.29, 1.82) is 0 Å². The molecule has 1 heterocycles. The van der Waals surface area contributed by atoms with Gasteiger partial charge in [0.05, 0.1) is 29.8 Å². The van der Waals surface area contributed by atoms with Crippen LogP contribution in [0.5, 0.6) is 11.5 Å². The maximum atomic E-state index is 6.36. The Labute approximate surface area is 165 Å². The van der Waals surface area contributed by atoms with Gasteiger partial charge in [0.1, 0.15) is 5.82 Å². The number of rotatable bonds is 10. The minimum Gasteiger partial charge on any atom is -0.493 e. The number of aromatic amines is 1. The molecule has 2 aromatic carbocycles. The molecular weight excluding hydrogens is 362 g/mol. The largest absolute Gasteiger partial charge is 0.493 e. The molecule has 3 aromatic rings. The molecule has 0 saturated carbocycles. The van der Waals surface area contributed by atoms with E-state index in [1.54, 1.807) is 7.11 Å². The minimum absolute atomic E-state index is 0.585. The molecule has 6 heteroatoms. The number of para-hydroxylation sites is 2. The van der Waals surface area contributed by atoms with Gasteiger partial charge in [-0.05, 0) is 49.2 Å². The number of nitrogens with zero attached hydrogens (tertiary/aromatic N) is 1. The Hall–Kier alpha value is -2.24. The highest BCUT2D eigenvalue weighted by Crippen LogP contribution is 2.36. The van der Waals surface area contributed by atoms with Crippen molar-refractivity contribution in [3.05, 3.63) is 52.8 Å². The number of benzene rings is 2. The van der Waals surface area contributed by atoms with Gasteiger partial charge in [-0.2, -0.15) is 0 Å². The summed E-state index contributed by atoms with van der Waals surface area (Å²) >= 11 is 6.36. The molecule has 27 heavy (non-hydrogen) atoms. The van der Waals surface area contributed by atoms with Crippen LogP contribution in [0.2, 0.25) is 5.02 Å². The first kappa shape index (κ1) is 19.5. The van der Waals surface area contributed by atoms with Crippen molar-refractivity contribution in [3.8, 4) is 11.5 Å². The molecule has 0 aliphatic carbocycles. The Kier molecular flexibility index (Phi) is 6.96. The Morgan fingerprint density at radius 1 is 1.22 bits per heavy atom. The smallest absolute Gasteiger partial charge is 0.179 e. The lowest BCUT2D eigenvalue weighted by atomic mass is 10.2. The number of halogens is 1. The van der Waals surface area contributed by atoms with Crippen molar-refractivity contribution in [3.63, 3.8) is 0 Å². The van der Waals surface area contributed by atoms with Crippen LogP contribution < -0.4 is 14.8 Å². The van der Waals surface area contributed by atoms with Crippen LogP contribution in [0.15, 0.2) is 36.4 Å². The van der Waals surface area contributed by atoms with E-state index in [-0.39, 0.29) is 0 Å². The van der Waals surface area contributed by atoms with E-state index >= 15 is 0 Å². The number of imidazole rings is 1. The van der Waals surface area contributed by atoms with Crippen LogP contribution in [0.3, 0.4) is 0 Å². The summed E-state index contributed by atoms with van der Waals surface area (Å²) < 4.78 is 11.1. The van der Waals surface area contributed by atoms with Crippen LogP contribution >= 0.6 is 11.6 Å². The molecule has 0 fully saturated rings. The molecule has 0 aliphatic heterocycles. The normalized spacial score (nSPS) is 11.1. The summed E-state index contributed by atoms with van der Waals surface area (Å²) in [4.78, 5) is 7.97. The van der Waals surface area contributed by atoms with Crippen LogP contribution in [-0.2, 0) is 13.0 Å². The number of hydrogen-bond donors (Lipinski definition) is 2. The molecule has 0 amide bonds. The number of hydrogen-bond acceptors (Lipinski definition) is 4. The summed E-state index contributed by atoms with van der Waals surface area (Å²) in [6.45, 7) is 4.30. The van der Waals surface area contributed by atoms with Crippen LogP contribution in [-0.4, -0.2) is 30.2 Å². The summed E-state index contributed by atoms with van der Waals surface area (Å²) in [5.41, 5.74) is 3.18. The van der Waals surface area contributed by atoms with Gasteiger partial charge in [-0.15, -0.1) is 0 Å². The van der Waals surface area contributed by atoms with Gasteiger partial charge in [0.15, 0.2) is 11.5 Å². The molecule has 0 aliphatic rings. The number of fused-ring (bicyclic) bond motifs is 1. The van der Waals surface area contributed by atoms with Gasteiger partial charge in [-0.25, -0.2) is 4.98 Å². The quantitative estimate of drug-likeness (QED) is 0.493. The lowest BCUT2D eigenvalue weighted by molar-refractivity contribution is 0.294. The molecule has 2 N–H and O–H groups in total. The van der Waals surface area contributed by atoms with E-state index in [9.17, 15) is 0 Å². The highest BCUT2D eigenvalue weighted by atomic mass is 35.5. The predicted molar refractivity (Wildman–Crippen MR) is 110 cm³/mol. The molecule has 0 unspecified atom stereocenters. The maximum absolute atomic E-state index is 6.36. The molecule has 0 radical (unpaired) electrons. The Bertz CT molecular complexity index is 846. The minimum atomic E-state index is 0.585. The molecular formula is C21H26ClN3O2. The monoisotopic (exact) mass is 387 g/mol. The SMILES string of the molecule is CCCOc1c(Cl)cc(CNCCCc2nc3ccccc3[nH]2)cc1OC. The summed E-state index contributed by atoms with van der Waals surface area (Å²) in [5, 5.41) is 4.04. The van der Waals surface area contributed by atoms with Gasteiger partial charge < -0.3 is 19.8 Å². The fourth-order valence-electron chi connectivity index (χ4n) is 2.96. The van der Waals surface area contributed by atoms with Crippen molar-refractivity contribution < 1.29 is 9.47 Å². The van der Waals surface area contributed by atoms with E-state index in [2.05, 4.69) is 28.3 Å². The first-order valence-electron chi connectivity index (χ1n) is 9.34. The zero-order chi connectivity index (χ0) is 19.1. The second kappa shape index (κ2) is 9.62. The van der Waals surface area contributed by atoms with Gasteiger partial charge in [0.2, 0.25) is 0 Å². The standard InChI is InChI=1S/C21H26ClN3O2/c1-3-11-27-21-16(22)12-15(13-19(21)26-2)14-23-10-6-9-20-24-17-7-4-5-8-18(17)25-20/h4-5,7-8,12-13,23H,3,6,9-11,14H2,1-2H3,(H,24,25). The molecule has 144 valence electrons. The third-order valence-electron chi connectivity index (χ3n) is 4.27. The third-order valence-corrected chi connectivity index (χ3v) is 4.56. The number of aromatic nitrogens is 2. The van der Waals surface area contributed by atoms with Crippen molar-refractivity contribution in [2.45, 2.75) is 32.7 Å². The molecule has 0 bridgehead atoms. The van der Waals surface area contributed by atoms with Gasteiger partial charge in [-0.3, -0.25) is 0 Å². The van der Waals surface area contributed by atoms with E-state index in [4.69, 9.17) is 21.1 Å². The van der Waals surface area contributed by atoms with Gasteiger partial charge in [0, 0.05) is 13.0 Å². The molecule has 0 atom stereocenters. The zero-order valence-electron chi connectivity index (χ0n) is 15.8. The van der Waals surface area contributed by atoms with Gasteiger partial charge in [-0.1, -0.05) is 30.7 Å². The van der Waals surface area contributed by atoms with Crippen LogP contribution in [0.1, 0.15) is 31.2 Å². The topological polar surface area (TPSA) is 59.2 Å². The van der Waals surface area contributed by atoms with E-state index in [0.717, 1.165) is 54.8 Å². The van der Waals surface area contributed by atoms with Crippen molar-refractivity contribution >= 4 is 22.6 Å². The number of ether oxygens (including phenoxy) is 2. The molecule has 1 aromatic heterocycles. The fourth-order valence-corrected chi connectivity index (χ4v) is 3.24. The number of nitrogens with one attached hydrogen (secondary N) is 2. The Balaban J connectivity index is 1.49. The van der Waals surface area contributed by atoms with E-state index < -0.39 is 0 Å². The second-order valence-electron chi connectivity index (χ2n) is 6.44. The average molecular weight is 388 g/mol. The van der Waals surface area contributed by atoms with Crippen LogP contribution in [0, 0.1) is 0 Å². The summed E-state index contributed by atoms with van der Waals surface area (Å²) in [6.07, 6.45) is 2.84. The number of methoxy groups -OCH3 is 1.